The molecule has 0 unspecified atom stereocenters. The van der Waals surface area contributed by atoms with Crippen molar-refractivity contribution in [1.82, 2.24) is 10.2 Å². The summed E-state index contributed by atoms with van der Waals surface area (Å²) >= 11 is 0. The zero-order valence-electron chi connectivity index (χ0n) is 20.0. The van der Waals surface area contributed by atoms with Crippen molar-refractivity contribution in [2.75, 3.05) is 43.9 Å². The molecule has 1 fully saturated rings. The van der Waals surface area contributed by atoms with Gasteiger partial charge in [-0.05, 0) is 62.2 Å². The Balaban J connectivity index is 1.48. The van der Waals surface area contributed by atoms with Gasteiger partial charge in [0, 0.05) is 43.6 Å². The predicted molar refractivity (Wildman–Crippen MR) is 134 cm³/mol. The molecule has 1 amide bonds. The molecule has 0 radical (unpaired) electrons. The van der Waals surface area contributed by atoms with E-state index >= 15 is 0 Å². The van der Waals surface area contributed by atoms with Crippen LogP contribution in [0.4, 0.5) is 5.69 Å². The summed E-state index contributed by atoms with van der Waals surface area (Å²) in [4.78, 5) is 14.9. The molecule has 186 valence electrons. The highest BCUT2D eigenvalue weighted by Crippen LogP contribution is 2.16. The minimum Gasteiger partial charge on any atom is -0.492 e. The maximum absolute atomic E-state index is 12.6. The van der Waals surface area contributed by atoms with Gasteiger partial charge in [0.25, 0.3) is 5.91 Å². The van der Waals surface area contributed by atoms with E-state index in [9.17, 15) is 13.2 Å². The Labute approximate surface area is 202 Å². The normalized spacial score (nSPS) is 14.7. The number of sulfonamides is 1. The van der Waals surface area contributed by atoms with Crippen LogP contribution < -0.4 is 14.8 Å². The van der Waals surface area contributed by atoms with Gasteiger partial charge in [-0.3, -0.25) is 14.4 Å². The number of benzene rings is 2. The summed E-state index contributed by atoms with van der Waals surface area (Å²) in [6, 6.07) is 14.7. The van der Waals surface area contributed by atoms with Crippen LogP contribution in [0.1, 0.15) is 42.1 Å². The van der Waals surface area contributed by atoms with Crippen LogP contribution in [-0.4, -0.2) is 64.4 Å². The Hall–Kier alpha value is -2.62. The smallest absolute Gasteiger partial charge is 0.251 e. The van der Waals surface area contributed by atoms with Crippen molar-refractivity contribution >= 4 is 21.6 Å². The van der Waals surface area contributed by atoms with E-state index in [1.54, 1.807) is 25.1 Å². The molecular formula is C25H35N3O5S. The molecule has 0 aliphatic carbocycles. The van der Waals surface area contributed by atoms with Crippen molar-refractivity contribution in [2.24, 2.45) is 0 Å². The third kappa shape index (κ3) is 8.30. The molecule has 0 bridgehead atoms. The number of amides is 1. The largest absolute Gasteiger partial charge is 0.492 e. The van der Waals surface area contributed by atoms with E-state index in [2.05, 4.69) is 22.0 Å². The third-order valence-electron chi connectivity index (χ3n) is 5.75. The molecule has 2 aromatic carbocycles. The first-order valence-electron chi connectivity index (χ1n) is 11.7. The molecule has 1 aliphatic rings. The first-order chi connectivity index (χ1) is 16.4. The molecule has 3 rings (SSSR count). The lowest BCUT2D eigenvalue weighted by atomic mass is 10.1. The van der Waals surface area contributed by atoms with Crippen molar-refractivity contribution in [3.63, 3.8) is 0 Å². The number of carbonyl (C=O) groups excluding carboxylic acids is 1. The average Bonchev–Trinajstić information content (AvgIpc) is 2.83. The average molecular weight is 490 g/mol. The summed E-state index contributed by atoms with van der Waals surface area (Å²) in [7, 11) is -1.29. The standard InChI is InChI=1S/C25H35N3O5S/c1-3-16-34(30,31)27-22-8-5-7-21(18-22)25(29)26-19-20-6-4-9-24(17-20)33-15-12-28(2)23-10-13-32-14-11-23/h4-9,17-18,23,27H,3,10-16,19H2,1-2H3,(H,26,29). The number of carbonyl (C=O) groups is 1. The second-order valence-corrected chi connectivity index (χ2v) is 10.3. The van der Waals surface area contributed by atoms with E-state index in [0.29, 0.717) is 36.9 Å². The number of hydrogen-bond donors (Lipinski definition) is 2. The number of rotatable bonds is 12. The van der Waals surface area contributed by atoms with Gasteiger partial charge in [-0.2, -0.15) is 0 Å². The van der Waals surface area contributed by atoms with Crippen LogP contribution in [0.15, 0.2) is 48.5 Å². The fourth-order valence-electron chi connectivity index (χ4n) is 3.87. The van der Waals surface area contributed by atoms with Gasteiger partial charge in [-0.15, -0.1) is 0 Å². The quantitative estimate of drug-likeness (QED) is 0.475. The lowest BCUT2D eigenvalue weighted by Gasteiger charge is -2.31. The molecule has 2 aromatic rings. The first kappa shape index (κ1) is 26.0. The van der Waals surface area contributed by atoms with E-state index in [0.717, 1.165) is 43.9 Å². The van der Waals surface area contributed by atoms with Gasteiger partial charge in [0.1, 0.15) is 12.4 Å². The summed E-state index contributed by atoms with van der Waals surface area (Å²) in [5.74, 6) is 0.522. The zero-order chi connectivity index (χ0) is 24.4. The Morgan fingerprint density at radius 1 is 1.15 bits per heavy atom. The Kier molecular flexibility index (Phi) is 9.74. The molecule has 34 heavy (non-hydrogen) atoms. The summed E-state index contributed by atoms with van der Waals surface area (Å²) in [6.45, 7) is 5.21. The molecule has 9 heteroatoms. The SMILES string of the molecule is CCCS(=O)(=O)Nc1cccc(C(=O)NCc2cccc(OCCN(C)C3CCOCC3)c2)c1. The molecule has 2 N–H and O–H groups in total. The number of hydrogen-bond acceptors (Lipinski definition) is 6. The molecule has 0 aromatic heterocycles. The number of likely N-dealkylation sites (N-methyl/N-ethyl adjacent to an activating group) is 1. The van der Waals surface area contributed by atoms with Crippen LogP contribution in [0.2, 0.25) is 0 Å². The summed E-state index contributed by atoms with van der Waals surface area (Å²) < 4.78 is 37.8. The van der Waals surface area contributed by atoms with E-state index in [4.69, 9.17) is 9.47 Å². The lowest BCUT2D eigenvalue weighted by Crippen LogP contribution is -2.38. The molecule has 0 spiro atoms. The number of anilines is 1. The summed E-state index contributed by atoms with van der Waals surface area (Å²) in [5, 5.41) is 2.88. The second-order valence-electron chi connectivity index (χ2n) is 8.50. The van der Waals surface area contributed by atoms with Gasteiger partial charge in [-0.25, -0.2) is 8.42 Å². The highest BCUT2D eigenvalue weighted by atomic mass is 32.2. The summed E-state index contributed by atoms with van der Waals surface area (Å²) in [5.41, 5.74) is 1.69. The maximum Gasteiger partial charge on any atom is 0.251 e. The first-order valence-corrected chi connectivity index (χ1v) is 13.4. The third-order valence-corrected chi connectivity index (χ3v) is 7.24. The van der Waals surface area contributed by atoms with Crippen LogP contribution in [-0.2, 0) is 21.3 Å². The van der Waals surface area contributed by atoms with Gasteiger partial charge in [0.15, 0.2) is 0 Å². The van der Waals surface area contributed by atoms with Crippen LogP contribution >= 0.6 is 0 Å². The molecule has 8 nitrogen and oxygen atoms in total. The maximum atomic E-state index is 12.6. The van der Waals surface area contributed by atoms with Gasteiger partial charge in [-0.1, -0.05) is 25.1 Å². The molecule has 0 atom stereocenters. The molecule has 1 aliphatic heterocycles. The van der Waals surface area contributed by atoms with Crippen molar-refractivity contribution in [3.05, 3.63) is 59.7 Å². The van der Waals surface area contributed by atoms with Crippen LogP contribution in [0.5, 0.6) is 5.75 Å². The van der Waals surface area contributed by atoms with Crippen LogP contribution in [0, 0.1) is 0 Å². The van der Waals surface area contributed by atoms with Crippen molar-refractivity contribution < 1.29 is 22.7 Å². The number of nitrogens with zero attached hydrogens (tertiary/aromatic N) is 1. The van der Waals surface area contributed by atoms with Crippen molar-refractivity contribution in [2.45, 2.75) is 38.8 Å². The second kappa shape index (κ2) is 12.7. The Morgan fingerprint density at radius 2 is 1.91 bits per heavy atom. The number of nitrogens with one attached hydrogen (secondary N) is 2. The molecule has 1 saturated heterocycles. The van der Waals surface area contributed by atoms with E-state index in [1.807, 2.05) is 24.3 Å². The highest BCUT2D eigenvalue weighted by molar-refractivity contribution is 7.92. The van der Waals surface area contributed by atoms with Crippen LogP contribution in [0.3, 0.4) is 0 Å². The van der Waals surface area contributed by atoms with Crippen molar-refractivity contribution in [3.8, 4) is 5.75 Å². The monoisotopic (exact) mass is 489 g/mol. The Bertz CT molecular complexity index is 1040. The lowest BCUT2D eigenvalue weighted by molar-refractivity contribution is 0.0392. The Morgan fingerprint density at radius 3 is 2.68 bits per heavy atom. The summed E-state index contributed by atoms with van der Waals surface area (Å²) in [6.07, 6.45) is 2.63. The van der Waals surface area contributed by atoms with E-state index in [1.165, 1.54) is 6.07 Å². The van der Waals surface area contributed by atoms with Gasteiger partial charge in [0.2, 0.25) is 10.0 Å². The van der Waals surface area contributed by atoms with Gasteiger partial charge >= 0.3 is 0 Å². The highest BCUT2D eigenvalue weighted by Gasteiger charge is 2.18. The molecular weight excluding hydrogens is 454 g/mol. The fraction of sp³-hybridized carbons (Fsp3) is 0.480. The van der Waals surface area contributed by atoms with Crippen LogP contribution in [0.25, 0.3) is 0 Å². The fourth-order valence-corrected chi connectivity index (χ4v) is 4.99. The topological polar surface area (TPSA) is 97.0 Å². The van der Waals surface area contributed by atoms with E-state index in [-0.39, 0.29) is 11.7 Å². The van der Waals surface area contributed by atoms with Gasteiger partial charge < -0.3 is 14.8 Å². The molecule has 0 saturated carbocycles. The predicted octanol–water partition coefficient (Wildman–Crippen LogP) is 3.26. The zero-order valence-corrected chi connectivity index (χ0v) is 20.8. The number of ether oxygens (including phenoxy) is 2. The van der Waals surface area contributed by atoms with E-state index < -0.39 is 10.0 Å². The molecule has 1 heterocycles. The minimum atomic E-state index is -3.41. The van der Waals surface area contributed by atoms with Gasteiger partial charge in [0.05, 0.1) is 5.75 Å². The minimum absolute atomic E-state index is 0.0354. The van der Waals surface area contributed by atoms with Crippen molar-refractivity contribution in [1.29, 1.82) is 0 Å².